The first-order valence-electron chi connectivity index (χ1n) is 6.33. The lowest BCUT2D eigenvalue weighted by Crippen LogP contribution is -2.28. The fourth-order valence-electron chi connectivity index (χ4n) is 2.06. The van der Waals surface area contributed by atoms with Crippen LogP contribution in [-0.4, -0.2) is 29.7 Å². The van der Waals surface area contributed by atoms with Crippen LogP contribution in [0.5, 0.6) is 0 Å². The fraction of sp³-hybridized carbons (Fsp3) is 0.833. The Morgan fingerprint density at radius 3 is 2.69 bits per heavy atom. The van der Waals surface area contributed by atoms with E-state index >= 15 is 0 Å². The highest BCUT2D eigenvalue weighted by Crippen LogP contribution is 2.23. The van der Waals surface area contributed by atoms with E-state index in [1.165, 1.54) is 0 Å². The molecule has 1 unspecified atom stereocenters. The van der Waals surface area contributed by atoms with E-state index in [4.69, 9.17) is 5.73 Å². The lowest BCUT2D eigenvalue weighted by Gasteiger charge is -2.13. The maximum absolute atomic E-state index is 12.1. The number of hydrogen-bond acceptors (Lipinski definition) is 3. The van der Waals surface area contributed by atoms with Crippen molar-refractivity contribution in [3.8, 4) is 0 Å². The average Bonchev–Trinajstić information content (AvgIpc) is 2.55. The number of nitrogens with two attached hydrogens (primary N) is 1. The summed E-state index contributed by atoms with van der Waals surface area (Å²) >= 11 is 0. The van der Waals surface area contributed by atoms with Crippen molar-refractivity contribution in [2.45, 2.75) is 46.0 Å². The highest BCUT2D eigenvalue weighted by atomic mass is 16.2. The van der Waals surface area contributed by atoms with Crippen LogP contribution in [-0.2, 0) is 4.79 Å². The maximum atomic E-state index is 12.1. The zero-order valence-corrected chi connectivity index (χ0v) is 10.4. The second kappa shape index (κ2) is 6.63. The Hall–Kier alpha value is -0.900. The van der Waals surface area contributed by atoms with Crippen LogP contribution in [0.4, 0.5) is 0 Å². The quantitative estimate of drug-likeness (QED) is 0.717. The lowest BCUT2D eigenvalue weighted by molar-refractivity contribution is -0.131. The van der Waals surface area contributed by atoms with Gasteiger partial charge in [-0.15, -0.1) is 0 Å². The first kappa shape index (κ1) is 13.2. The molecule has 1 amide bonds. The van der Waals surface area contributed by atoms with Crippen molar-refractivity contribution >= 4 is 11.6 Å². The van der Waals surface area contributed by atoms with E-state index in [1.807, 2.05) is 0 Å². The minimum absolute atomic E-state index is 0.00931. The molecule has 0 aromatic heterocycles. The van der Waals surface area contributed by atoms with Gasteiger partial charge in [0, 0.05) is 6.54 Å². The third kappa shape index (κ3) is 3.04. The summed E-state index contributed by atoms with van der Waals surface area (Å²) in [5.74, 6) is 0.189. The molecule has 0 aromatic carbocycles. The predicted octanol–water partition coefficient (Wildman–Crippen LogP) is 1.75. The van der Waals surface area contributed by atoms with Crippen LogP contribution in [0.1, 0.15) is 46.0 Å². The molecular weight excluding hydrogens is 202 g/mol. The first-order chi connectivity index (χ1) is 7.74. The van der Waals surface area contributed by atoms with Crippen LogP contribution in [0.2, 0.25) is 0 Å². The molecule has 92 valence electrons. The Morgan fingerprint density at radius 1 is 1.38 bits per heavy atom. The second-order valence-electron chi connectivity index (χ2n) is 4.29. The first-order valence-corrected chi connectivity index (χ1v) is 6.33. The van der Waals surface area contributed by atoms with Gasteiger partial charge in [-0.2, -0.15) is 5.10 Å². The van der Waals surface area contributed by atoms with Crippen molar-refractivity contribution in [3.63, 3.8) is 0 Å². The van der Waals surface area contributed by atoms with Gasteiger partial charge in [0.25, 0.3) is 5.91 Å². The summed E-state index contributed by atoms with van der Waals surface area (Å²) in [6, 6.07) is 0. The molecule has 1 aliphatic rings. The molecule has 1 aliphatic heterocycles. The largest absolute Gasteiger partial charge is 0.330 e. The van der Waals surface area contributed by atoms with Crippen LogP contribution >= 0.6 is 0 Å². The third-order valence-corrected chi connectivity index (χ3v) is 2.84. The number of carbonyl (C=O) groups excluding carboxylic acids is 1. The van der Waals surface area contributed by atoms with Crippen LogP contribution < -0.4 is 5.73 Å². The summed E-state index contributed by atoms with van der Waals surface area (Å²) in [4.78, 5) is 12.1. The summed E-state index contributed by atoms with van der Waals surface area (Å²) in [7, 11) is 0. The Morgan fingerprint density at radius 2 is 2.12 bits per heavy atom. The molecule has 4 nitrogen and oxygen atoms in total. The number of nitrogens with zero attached hydrogens (tertiary/aromatic N) is 2. The van der Waals surface area contributed by atoms with Gasteiger partial charge in [-0.3, -0.25) is 4.79 Å². The summed E-state index contributed by atoms with van der Waals surface area (Å²) < 4.78 is 0. The summed E-state index contributed by atoms with van der Waals surface area (Å²) in [6.07, 6.45) is 4.69. The number of rotatable bonds is 7. The van der Waals surface area contributed by atoms with Crippen molar-refractivity contribution < 1.29 is 4.79 Å². The number of amides is 1. The molecule has 2 N–H and O–H groups in total. The third-order valence-electron chi connectivity index (χ3n) is 2.84. The Kier molecular flexibility index (Phi) is 5.46. The molecule has 1 heterocycles. The Bertz CT molecular complexity index is 263. The summed E-state index contributed by atoms with van der Waals surface area (Å²) in [5.41, 5.74) is 6.56. The number of hydrogen-bond donors (Lipinski definition) is 1. The standard InChI is InChI=1S/C12H23N3O/c1-3-6-11-10(7-5-8-13)12(16)15(14-11)9-4-2/h10H,3-9,13H2,1-2H3. The van der Waals surface area contributed by atoms with Gasteiger partial charge in [0.1, 0.15) is 0 Å². The van der Waals surface area contributed by atoms with E-state index in [1.54, 1.807) is 5.01 Å². The molecule has 0 spiro atoms. The van der Waals surface area contributed by atoms with E-state index in [9.17, 15) is 4.79 Å². The molecule has 4 heteroatoms. The van der Waals surface area contributed by atoms with E-state index < -0.39 is 0 Å². The van der Waals surface area contributed by atoms with Crippen molar-refractivity contribution in [2.75, 3.05) is 13.1 Å². The van der Waals surface area contributed by atoms with Crippen molar-refractivity contribution in [1.29, 1.82) is 0 Å². The average molecular weight is 225 g/mol. The Balaban J connectivity index is 2.65. The molecule has 0 saturated carbocycles. The molecule has 0 bridgehead atoms. The maximum Gasteiger partial charge on any atom is 0.251 e. The van der Waals surface area contributed by atoms with E-state index in [0.29, 0.717) is 6.54 Å². The normalized spacial score (nSPS) is 20.4. The number of carbonyl (C=O) groups is 1. The SMILES string of the molecule is CCCC1=NN(CCC)C(=O)C1CCCN. The highest BCUT2D eigenvalue weighted by Gasteiger charge is 2.33. The molecule has 1 rings (SSSR count). The van der Waals surface area contributed by atoms with Gasteiger partial charge < -0.3 is 5.73 Å². The molecule has 0 fully saturated rings. The van der Waals surface area contributed by atoms with Crippen LogP contribution in [0.3, 0.4) is 0 Å². The molecule has 1 atom stereocenters. The van der Waals surface area contributed by atoms with Crippen LogP contribution in [0.25, 0.3) is 0 Å². The van der Waals surface area contributed by atoms with Gasteiger partial charge in [0.15, 0.2) is 0 Å². The van der Waals surface area contributed by atoms with E-state index in [0.717, 1.165) is 44.4 Å². The van der Waals surface area contributed by atoms with E-state index in [2.05, 4.69) is 18.9 Å². The van der Waals surface area contributed by atoms with Crippen molar-refractivity contribution in [2.24, 2.45) is 16.8 Å². The molecule has 0 radical (unpaired) electrons. The zero-order valence-electron chi connectivity index (χ0n) is 10.4. The van der Waals surface area contributed by atoms with E-state index in [-0.39, 0.29) is 11.8 Å². The minimum Gasteiger partial charge on any atom is -0.330 e. The fourth-order valence-corrected chi connectivity index (χ4v) is 2.06. The lowest BCUT2D eigenvalue weighted by atomic mass is 9.95. The molecule has 16 heavy (non-hydrogen) atoms. The highest BCUT2D eigenvalue weighted by molar-refractivity contribution is 6.07. The van der Waals surface area contributed by atoms with Gasteiger partial charge in [0.05, 0.1) is 11.6 Å². The number of hydrazone groups is 1. The van der Waals surface area contributed by atoms with Crippen molar-refractivity contribution in [1.82, 2.24) is 5.01 Å². The van der Waals surface area contributed by atoms with Gasteiger partial charge >= 0.3 is 0 Å². The molecule has 0 aliphatic carbocycles. The summed E-state index contributed by atoms with van der Waals surface area (Å²) in [5, 5.41) is 6.09. The van der Waals surface area contributed by atoms with Crippen LogP contribution in [0.15, 0.2) is 5.10 Å². The predicted molar refractivity (Wildman–Crippen MR) is 66.1 cm³/mol. The van der Waals surface area contributed by atoms with Crippen molar-refractivity contribution in [3.05, 3.63) is 0 Å². The van der Waals surface area contributed by atoms with Gasteiger partial charge in [0.2, 0.25) is 0 Å². The zero-order chi connectivity index (χ0) is 12.0. The molecule has 0 aromatic rings. The second-order valence-corrected chi connectivity index (χ2v) is 4.29. The minimum atomic E-state index is 0.00931. The van der Waals surface area contributed by atoms with Gasteiger partial charge in [-0.05, 0) is 32.2 Å². The van der Waals surface area contributed by atoms with Crippen LogP contribution in [0, 0.1) is 5.92 Å². The smallest absolute Gasteiger partial charge is 0.251 e. The Labute approximate surface area is 97.9 Å². The summed E-state index contributed by atoms with van der Waals surface area (Å²) in [6.45, 7) is 5.58. The van der Waals surface area contributed by atoms with Gasteiger partial charge in [-0.1, -0.05) is 20.3 Å². The van der Waals surface area contributed by atoms with Gasteiger partial charge in [-0.25, -0.2) is 5.01 Å². The molecule has 0 saturated heterocycles. The molecular formula is C12H23N3O. The monoisotopic (exact) mass is 225 g/mol. The topological polar surface area (TPSA) is 58.7 Å².